The second-order valence-electron chi connectivity index (χ2n) is 4.61. The molecule has 1 saturated carbocycles. The molecule has 1 aromatic carbocycles. The Hall–Kier alpha value is -1.84. The molecule has 0 bridgehead atoms. The summed E-state index contributed by atoms with van der Waals surface area (Å²) < 4.78 is 0. The highest BCUT2D eigenvalue weighted by Gasteiger charge is 2.52. The highest BCUT2D eigenvalue weighted by atomic mass is 16.2. The van der Waals surface area contributed by atoms with Gasteiger partial charge in [0.25, 0.3) is 0 Å². The third-order valence-corrected chi connectivity index (χ3v) is 3.61. The van der Waals surface area contributed by atoms with Crippen LogP contribution in [0.4, 0.5) is 10.5 Å². The fraction of sp³-hybridized carbons (Fsp3) is 0.385. The Balaban J connectivity index is 1.69. The third-order valence-electron chi connectivity index (χ3n) is 3.61. The van der Waals surface area contributed by atoms with Crippen molar-refractivity contribution in [2.24, 2.45) is 5.92 Å². The van der Waals surface area contributed by atoms with Crippen molar-refractivity contribution in [3.8, 4) is 0 Å². The molecular weight excluding hydrogens is 216 g/mol. The maximum atomic E-state index is 11.9. The second-order valence-corrected chi connectivity index (χ2v) is 4.61. The van der Waals surface area contributed by atoms with E-state index in [9.17, 15) is 9.59 Å². The number of nitrogens with one attached hydrogen (secondary N) is 1. The van der Waals surface area contributed by atoms with Gasteiger partial charge in [-0.15, -0.1) is 0 Å². The number of benzene rings is 1. The Bertz CT molecular complexity index is 458. The van der Waals surface area contributed by atoms with Crippen LogP contribution in [0, 0.1) is 5.92 Å². The first kappa shape index (κ1) is 10.3. The number of hydrogen-bond acceptors (Lipinski definition) is 2. The van der Waals surface area contributed by atoms with Crippen LogP contribution in [0.1, 0.15) is 19.3 Å². The van der Waals surface area contributed by atoms with Gasteiger partial charge in [0.2, 0.25) is 5.91 Å². The molecular formula is C13H14N2O2. The maximum Gasteiger partial charge on any atom is 0.328 e. The van der Waals surface area contributed by atoms with Gasteiger partial charge in [0.1, 0.15) is 0 Å². The second kappa shape index (κ2) is 3.87. The van der Waals surface area contributed by atoms with Gasteiger partial charge in [-0.05, 0) is 25.0 Å². The predicted octanol–water partition coefficient (Wildman–Crippen LogP) is 2.23. The number of anilines is 1. The van der Waals surface area contributed by atoms with Gasteiger partial charge in [-0.1, -0.05) is 24.6 Å². The van der Waals surface area contributed by atoms with Gasteiger partial charge in [0, 0.05) is 5.69 Å². The summed E-state index contributed by atoms with van der Waals surface area (Å²) in [6, 6.07) is 9.08. The average molecular weight is 230 g/mol. The van der Waals surface area contributed by atoms with Crippen LogP contribution in [0.3, 0.4) is 0 Å². The van der Waals surface area contributed by atoms with E-state index >= 15 is 0 Å². The summed E-state index contributed by atoms with van der Waals surface area (Å²) in [6.45, 7) is 0. The van der Waals surface area contributed by atoms with E-state index < -0.39 is 0 Å². The lowest BCUT2D eigenvalue weighted by Gasteiger charge is -2.41. The molecule has 3 rings (SSSR count). The topological polar surface area (TPSA) is 49.4 Å². The molecule has 3 amide bonds. The van der Waals surface area contributed by atoms with E-state index in [1.807, 2.05) is 30.3 Å². The molecule has 2 atom stereocenters. The number of urea groups is 1. The van der Waals surface area contributed by atoms with Gasteiger partial charge < -0.3 is 5.32 Å². The fourth-order valence-electron chi connectivity index (χ4n) is 2.75. The molecule has 2 fully saturated rings. The van der Waals surface area contributed by atoms with Crippen molar-refractivity contribution in [2.45, 2.75) is 25.3 Å². The number of carbonyl (C=O) groups is 2. The van der Waals surface area contributed by atoms with Crippen LogP contribution in [-0.4, -0.2) is 22.9 Å². The monoisotopic (exact) mass is 230 g/mol. The largest absolute Gasteiger partial charge is 0.328 e. The number of para-hydroxylation sites is 1. The summed E-state index contributed by atoms with van der Waals surface area (Å²) >= 11 is 0. The normalized spacial score (nSPS) is 26.4. The van der Waals surface area contributed by atoms with Crippen LogP contribution in [0.5, 0.6) is 0 Å². The van der Waals surface area contributed by atoms with E-state index in [0.29, 0.717) is 0 Å². The summed E-state index contributed by atoms with van der Waals surface area (Å²) in [7, 11) is 0. The lowest BCUT2D eigenvalue weighted by Crippen LogP contribution is -2.61. The Morgan fingerprint density at radius 3 is 2.76 bits per heavy atom. The third kappa shape index (κ3) is 1.60. The Labute approximate surface area is 99.6 Å². The lowest BCUT2D eigenvalue weighted by atomic mass is 9.91. The van der Waals surface area contributed by atoms with Crippen LogP contribution in [0.2, 0.25) is 0 Å². The van der Waals surface area contributed by atoms with Crippen LogP contribution in [0.15, 0.2) is 30.3 Å². The number of β-lactam (4-membered cyclic amide) rings is 1. The number of rotatable bonds is 1. The minimum Gasteiger partial charge on any atom is -0.307 e. The molecule has 1 aliphatic heterocycles. The summed E-state index contributed by atoms with van der Waals surface area (Å²) in [5.41, 5.74) is 0.728. The predicted molar refractivity (Wildman–Crippen MR) is 63.4 cm³/mol. The average Bonchev–Trinajstić information content (AvgIpc) is 2.74. The summed E-state index contributed by atoms with van der Waals surface area (Å²) in [4.78, 5) is 25.1. The van der Waals surface area contributed by atoms with Crippen LogP contribution < -0.4 is 5.32 Å². The Morgan fingerprint density at radius 2 is 2.00 bits per heavy atom. The van der Waals surface area contributed by atoms with E-state index in [2.05, 4.69) is 5.32 Å². The fourth-order valence-corrected chi connectivity index (χ4v) is 2.75. The molecule has 4 nitrogen and oxygen atoms in total. The molecule has 0 unspecified atom stereocenters. The number of hydrogen-bond donors (Lipinski definition) is 1. The number of carbonyl (C=O) groups excluding carboxylic acids is 2. The van der Waals surface area contributed by atoms with E-state index in [1.54, 1.807) is 0 Å². The molecule has 1 N–H and O–H groups in total. The van der Waals surface area contributed by atoms with E-state index in [1.165, 1.54) is 4.90 Å². The molecule has 88 valence electrons. The van der Waals surface area contributed by atoms with Crippen LogP contribution in [0.25, 0.3) is 0 Å². The van der Waals surface area contributed by atoms with E-state index in [4.69, 9.17) is 0 Å². The highest BCUT2D eigenvalue weighted by Crippen LogP contribution is 2.40. The van der Waals surface area contributed by atoms with Crippen molar-refractivity contribution in [1.82, 2.24) is 4.90 Å². The van der Waals surface area contributed by atoms with Gasteiger partial charge >= 0.3 is 6.03 Å². The molecule has 17 heavy (non-hydrogen) atoms. The molecule has 1 aromatic rings. The number of amides is 3. The molecule has 4 heteroatoms. The number of nitrogens with zero attached hydrogens (tertiary/aromatic N) is 1. The quantitative estimate of drug-likeness (QED) is 0.752. The molecule has 0 radical (unpaired) electrons. The Morgan fingerprint density at radius 1 is 1.24 bits per heavy atom. The van der Waals surface area contributed by atoms with Gasteiger partial charge in [0.05, 0.1) is 12.0 Å². The highest BCUT2D eigenvalue weighted by molar-refractivity contribution is 6.06. The first-order chi connectivity index (χ1) is 8.27. The van der Waals surface area contributed by atoms with Gasteiger partial charge in [0.15, 0.2) is 0 Å². The van der Waals surface area contributed by atoms with Crippen molar-refractivity contribution in [3.05, 3.63) is 30.3 Å². The lowest BCUT2D eigenvalue weighted by molar-refractivity contribution is -0.147. The van der Waals surface area contributed by atoms with Crippen LogP contribution in [-0.2, 0) is 4.79 Å². The zero-order valence-corrected chi connectivity index (χ0v) is 9.43. The van der Waals surface area contributed by atoms with Crippen molar-refractivity contribution in [2.75, 3.05) is 5.32 Å². The van der Waals surface area contributed by atoms with Crippen molar-refractivity contribution < 1.29 is 9.59 Å². The van der Waals surface area contributed by atoms with Crippen LogP contribution >= 0.6 is 0 Å². The molecule has 1 heterocycles. The van der Waals surface area contributed by atoms with Crippen molar-refractivity contribution in [1.29, 1.82) is 0 Å². The zero-order chi connectivity index (χ0) is 11.8. The summed E-state index contributed by atoms with van der Waals surface area (Å²) in [5, 5.41) is 2.75. The molecule has 0 spiro atoms. The standard InChI is InChI=1S/C13H14N2O2/c16-12-10-7-4-8-11(10)15(12)13(17)14-9-5-2-1-3-6-9/h1-3,5-6,10-11H,4,7-8H2,(H,14,17)/t10-,11+/m0/s1. The SMILES string of the molecule is O=C(Nc1ccccc1)N1C(=O)[C@H]2CCC[C@H]21. The van der Waals surface area contributed by atoms with Crippen molar-refractivity contribution in [3.63, 3.8) is 0 Å². The number of fused-ring (bicyclic) bond motifs is 1. The Kier molecular flexibility index (Phi) is 2.35. The maximum absolute atomic E-state index is 11.9. The van der Waals surface area contributed by atoms with Gasteiger partial charge in [-0.25, -0.2) is 4.79 Å². The van der Waals surface area contributed by atoms with Gasteiger partial charge in [-0.2, -0.15) is 0 Å². The number of likely N-dealkylation sites (tertiary alicyclic amines) is 1. The van der Waals surface area contributed by atoms with E-state index in [-0.39, 0.29) is 23.9 Å². The van der Waals surface area contributed by atoms with Crippen molar-refractivity contribution >= 4 is 17.6 Å². The molecule has 1 aliphatic carbocycles. The van der Waals surface area contributed by atoms with E-state index in [0.717, 1.165) is 24.9 Å². The molecule has 2 aliphatic rings. The first-order valence-electron chi connectivity index (χ1n) is 5.96. The minimum absolute atomic E-state index is 0.0130. The first-order valence-corrected chi connectivity index (χ1v) is 5.96. The molecule has 1 saturated heterocycles. The number of imide groups is 1. The smallest absolute Gasteiger partial charge is 0.307 e. The zero-order valence-electron chi connectivity index (χ0n) is 9.43. The minimum atomic E-state index is -0.288. The molecule has 0 aromatic heterocycles. The van der Waals surface area contributed by atoms with Gasteiger partial charge in [-0.3, -0.25) is 9.69 Å². The summed E-state index contributed by atoms with van der Waals surface area (Å²) in [6.07, 6.45) is 2.95. The summed E-state index contributed by atoms with van der Waals surface area (Å²) in [5.74, 6) is 0.0949.